The van der Waals surface area contributed by atoms with E-state index < -0.39 is 0 Å². The molecule has 1 aliphatic rings. The molecule has 2 N–H and O–H groups in total. The van der Waals surface area contributed by atoms with Gasteiger partial charge in [-0.15, -0.1) is 24.0 Å². The number of halogens is 1. The minimum absolute atomic E-state index is 0. The molecule has 0 fully saturated rings. The van der Waals surface area contributed by atoms with E-state index in [0.29, 0.717) is 6.04 Å². The largest absolute Gasteiger partial charge is 0.356 e. The molecule has 0 unspecified atom stereocenters. The number of hydrogen-bond acceptors (Lipinski definition) is 1. The number of nitrogens with zero attached hydrogens (tertiary/aromatic N) is 1. The van der Waals surface area contributed by atoms with Crippen LogP contribution in [0.4, 0.5) is 0 Å². The Hall–Kier alpha value is -1.04. The fraction of sp³-hybridized carbons (Fsp3) is 0.471. The van der Waals surface area contributed by atoms with Crippen LogP contribution in [-0.2, 0) is 12.8 Å². The first-order valence-corrected chi connectivity index (χ1v) is 7.51. The summed E-state index contributed by atoms with van der Waals surface area (Å²) < 4.78 is 0. The van der Waals surface area contributed by atoms with Crippen molar-refractivity contribution in [2.45, 2.75) is 38.6 Å². The maximum Gasteiger partial charge on any atom is 0.191 e. The van der Waals surface area contributed by atoms with E-state index in [1.807, 2.05) is 7.05 Å². The summed E-state index contributed by atoms with van der Waals surface area (Å²) in [5.74, 6) is 0.906. The summed E-state index contributed by atoms with van der Waals surface area (Å²) in [6.07, 6.45) is 8.76. The van der Waals surface area contributed by atoms with Crippen LogP contribution in [0.2, 0.25) is 0 Å². The summed E-state index contributed by atoms with van der Waals surface area (Å²) in [6, 6.07) is 9.37. The molecular weight excluding hydrogens is 373 g/mol. The first-order valence-electron chi connectivity index (χ1n) is 7.51. The van der Waals surface area contributed by atoms with Crippen molar-refractivity contribution < 1.29 is 0 Å². The lowest BCUT2D eigenvalue weighted by atomic mass is 10.1. The molecule has 0 saturated heterocycles. The Balaban J connectivity index is 0.00000220. The fourth-order valence-electron chi connectivity index (χ4n) is 2.39. The second-order valence-corrected chi connectivity index (χ2v) is 5.20. The van der Waals surface area contributed by atoms with Crippen molar-refractivity contribution in [2.75, 3.05) is 13.6 Å². The molecular formula is C17H26IN3. The summed E-state index contributed by atoms with van der Waals surface area (Å²) in [6.45, 7) is 3.09. The molecule has 116 valence electrons. The highest BCUT2D eigenvalue weighted by molar-refractivity contribution is 14.0. The first-order chi connectivity index (χ1) is 9.81. The van der Waals surface area contributed by atoms with Crippen molar-refractivity contribution in [3.63, 3.8) is 0 Å². The zero-order valence-corrected chi connectivity index (χ0v) is 15.3. The zero-order chi connectivity index (χ0) is 14.2. The smallest absolute Gasteiger partial charge is 0.191 e. The van der Waals surface area contributed by atoms with Gasteiger partial charge in [0.25, 0.3) is 0 Å². The molecule has 0 aliphatic heterocycles. The predicted octanol–water partition coefficient (Wildman–Crippen LogP) is 3.29. The molecule has 1 aromatic rings. The van der Waals surface area contributed by atoms with Crippen molar-refractivity contribution in [2.24, 2.45) is 4.99 Å². The number of aryl methyl sites for hydroxylation is 1. The number of guanidine groups is 1. The lowest BCUT2D eigenvalue weighted by Crippen LogP contribution is -2.43. The van der Waals surface area contributed by atoms with Gasteiger partial charge in [-0.3, -0.25) is 4.99 Å². The Morgan fingerprint density at radius 1 is 1.14 bits per heavy atom. The molecule has 0 spiro atoms. The molecule has 0 saturated carbocycles. The van der Waals surface area contributed by atoms with Crippen molar-refractivity contribution in [1.29, 1.82) is 0 Å². The van der Waals surface area contributed by atoms with Gasteiger partial charge in [0, 0.05) is 19.6 Å². The zero-order valence-electron chi connectivity index (χ0n) is 12.9. The fourth-order valence-corrected chi connectivity index (χ4v) is 2.39. The average Bonchev–Trinajstić information content (AvgIpc) is 3.00. The maximum absolute atomic E-state index is 4.28. The monoisotopic (exact) mass is 399 g/mol. The van der Waals surface area contributed by atoms with E-state index in [1.54, 1.807) is 0 Å². The van der Waals surface area contributed by atoms with Crippen molar-refractivity contribution in [3.8, 4) is 0 Å². The van der Waals surface area contributed by atoms with E-state index in [0.717, 1.165) is 38.2 Å². The molecule has 0 radical (unpaired) electrons. The van der Waals surface area contributed by atoms with E-state index >= 15 is 0 Å². The van der Waals surface area contributed by atoms with Gasteiger partial charge in [-0.2, -0.15) is 0 Å². The molecule has 4 heteroatoms. The molecule has 0 aromatic heterocycles. The number of hydrogen-bond donors (Lipinski definition) is 2. The molecule has 3 nitrogen and oxygen atoms in total. The van der Waals surface area contributed by atoms with Gasteiger partial charge >= 0.3 is 0 Å². The van der Waals surface area contributed by atoms with Crippen molar-refractivity contribution in [1.82, 2.24) is 10.6 Å². The molecule has 1 aliphatic carbocycles. The Morgan fingerprint density at radius 2 is 1.76 bits per heavy atom. The van der Waals surface area contributed by atoms with Crippen molar-refractivity contribution in [3.05, 3.63) is 47.5 Å². The van der Waals surface area contributed by atoms with Gasteiger partial charge in [0.1, 0.15) is 0 Å². The van der Waals surface area contributed by atoms with E-state index in [1.165, 1.54) is 11.1 Å². The summed E-state index contributed by atoms with van der Waals surface area (Å²) in [4.78, 5) is 4.28. The van der Waals surface area contributed by atoms with E-state index in [4.69, 9.17) is 0 Å². The second kappa shape index (κ2) is 9.82. The molecule has 1 aromatic carbocycles. The number of aliphatic imine (C=N–C) groups is 1. The molecule has 0 atom stereocenters. The Kier molecular flexibility index (Phi) is 8.42. The lowest BCUT2D eigenvalue weighted by molar-refractivity contribution is 0.633. The summed E-state index contributed by atoms with van der Waals surface area (Å²) in [7, 11) is 1.83. The first kappa shape index (κ1) is 18.0. The van der Waals surface area contributed by atoms with Gasteiger partial charge in [0.2, 0.25) is 0 Å². The molecule has 0 heterocycles. The van der Waals surface area contributed by atoms with Crippen LogP contribution in [-0.4, -0.2) is 25.6 Å². The van der Waals surface area contributed by atoms with Crippen LogP contribution >= 0.6 is 24.0 Å². The summed E-state index contributed by atoms with van der Waals surface area (Å²) in [5, 5.41) is 6.83. The van der Waals surface area contributed by atoms with E-state index in [-0.39, 0.29) is 24.0 Å². The molecule has 21 heavy (non-hydrogen) atoms. The van der Waals surface area contributed by atoms with Crippen LogP contribution in [0.3, 0.4) is 0 Å². The van der Waals surface area contributed by atoms with Gasteiger partial charge < -0.3 is 10.6 Å². The SMILES string of the molecule is CCc1ccc(CCNC(=NC)NC2CC=CC2)cc1.I. The Labute approximate surface area is 145 Å². The van der Waals surface area contributed by atoms with E-state index in [2.05, 4.69) is 59.0 Å². The average molecular weight is 399 g/mol. The van der Waals surface area contributed by atoms with Gasteiger partial charge in [-0.05, 0) is 36.8 Å². The highest BCUT2D eigenvalue weighted by Crippen LogP contribution is 2.08. The van der Waals surface area contributed by atoms with Crippen LogP contribution in [0.5, 0.6) is 0 Å². The van der Waals surface area contributed by atoms with Crippen LogP contribution in [0.1, 0.15) is 30.9 Å². The number of nitrogens with one attached hydrogen (secondary N) is 2. The predicted molar refractivity (Wildman–Crippen MR) is 102 cm³/mol. The molecule has 0 bridgehead atoms. The highest BCUT2D eigenvalue weighted by atomic mass is 127. The lowest BCUT2D eigenvalue weighted by Gasteiger charge is -2.16. The third-order valence-electron chi connectivity index (χ3n) is 3.71. The van der Waals surface area contributed by atoms with Crippen molar-refractivity contribution >= 4 is 29.9 Å². The normalized spacial score (nSPS) is 14.9. The van der Waals surface area contributed by atoms with Gasteiger partial charge in [0.15, 0.2) is 5.96 Å². The summed E-state index contributed by atoms with van der Waals surface area (Å²) >= 11 is 0. The number of rotatable bonds is 5. The highest BCUT2D eigenvalue weighted by Gasteiger charge is 2.11. The Morgan fingerprint density at radius 3 is 2.33 bits per heavy atom. The molecule has 2 rings (SSSR count). The minimum atomic E-state index is 0. The minimum Gasteiger partial charge on any atom is -0.356 e. The summed E-state index contributed by atoms with van der Waals surface area (Å²) in [5.41, 5.74) is 2.76. The topological polar surface area (TPSA) is 36.4 Å². The third kappa shape index (κ3) is 6.08. The van der Waals surface area contributed by atoms with Gasteiger partial charge in [0.05, 0.1) is 0 Å². The van der Waals surface area contributed by atoms with E-state index in [9.17, 15) is 0 Å². The maximum atomic E-state index is 4.28. The number of benzene rings is 1. The second-order valence-electron chi connectivity index (χ2n) is 5.20. The molecule has 0 amide bonds. The Bertz CT molecular complexity index is 457. The van der Waals surface area contributed by atoms with Gasteiger partial charge in [-0.25, -0.2) is 0 Å². The van der Waals surface area contributed by atoms with Crippen LogP contribution in [0.25, 0.3) is 0 Å². The van der Waals surface area contributed by atoms with Crippen LogP contribution < -0.4 is 10.6 Å². The van der Waals surface area contributed by atoms with Gasteiger partial charge in [-0.1, -0.05) is 43.3 Å². The van der Waals surface area contributed by atoms with Crippen LogP contribution in [0, 0.1) is 0 Å². The third-order valence-corrected chi connectivity index (χ3v) is 3.71. The van der Waals surface area contributed by atoms with Crippen LogP contribution in [0.15, 0.2) is 41.4 Å². The quantitative estimate of drug-likeness (QED) is 0.345. The standard InChI is InChI=1S/C17H25N3.HI/c1-3-14-8-10-15(11-9-14)12-13-19-17(18-2)20-16-6-4-5-7-16;/h4-5,8-11,16H,3,6-7,12-13H2,1-2H3,(H2,18,19,20);1H.